The smallest absolute Gasteiger partial charge is 0.235 e. The third-order valence-corrected chi connectivity index (χ3v) is 7.07. The number of fused-ring (bicyclic) bond motifs is 2. The zero-order valence-corrected chi connectivity index (χ0v) is 18.6. The van der Waals surface area contributed by atoms with E-state index in [1.54, 1.807) is 27.7 Å². The molecular formula is C22H36N4O4. The molecule has 8 heteroatoms. The van der Waals surface area contributed by atoms with Gasteiger partial charge in [-0.05, 0) is 53.4 Å². The second-order valence-electron chi connectivity index (χ2n) is 10.1. The van der Waals surface area contributed by atoms with Crippen LogP contribution in [0.1, 0.15) is 79.1 Å². The standard InChI is InChI=1S/C22H36N4O4/c1-21(2)17(27)23-13-9-5-7-11-15(13)25-19(29)22(3,4)20(30)26-16-12-8-6-10-14(16)24-18(21)28/h13-16H,5-12H2,1-4H3,(H,23,27)(H,24,28)(H,25,29)(H,26,30)/t13-,14-,15-,16-/m1/s1. The van der Waals surface area contributed by atoms with E-state index in [9.17, 15) is 19.2 Å². The quantitative estimate of drug-likeness (QED) is 0.440. The molecule has 0 spiro atoms. The van der Waals surface area contributed by atoms with Crippen molar-refractivity contribution < 1.29 is 19.2 Å². The highest BCUT2D eigenvalue weighted by atomic mass is 16.2. The van der Waals surface area contributed by atoms with Gasteiger partial charge in [-0.1, -0.05) is 25.7 Å². The maximum atomic E-state index is 13.0. The molecule has 1 heterocycles. The molecule has 0 unspecified atom stereocenters. The Morgan fingerprint density at radius 2 is 0.700 bits per heavy atom. The molecule has 4 atom stereocenters. The Labute approximate surface area is 178 Å². The van der Waals surface area contributed by atoms with E-state index in [0.717, 1.165) is 51.4 Å². The minimum atomic E-state index is -1.25. The predicted octanol–water partition coefficient (Wildman–Crippen LogP) is 1.14. The van der Waals surface area contributed by atoms with Gasteiger partial charge in [0.15, 0.2) is 0 Å². The first-order chi connectivity index (χ1) is 14.0. The second kappa shape index (κ2) is 8.55. The van der Waals surface area contributed by atoms with Gasteiger partial charge in [-0.2, -0.15) is 0 Å². The molecule has 0 aromatic heterocycles. The molecule has 168 valence electrons. The summed E-state index contributed by atoms with van der Waals surface area (Å²) < 4.78 is 0. The minimum absolute atomic E-state index is 0.258. The lowest BCUT2D eigenvalue weighted by Crippen LogP contribution is -2.63. The lowest BCUT2D eigenvalue weighted by Gasteiger charge is -2.39. The average molecular weight is 421 g/mol. The average Bonchev–Trinajstić information content (AvgIpc) is 2.69. The van der Waals surface area contributed by atoms with Crippen LogP contribution in [0.25, 0.3) is 0 Å². The second-order valence-corrected chi connectivity index (χ2v) is 10.1. The number of hydrogen-bond donors (Lipinski definition) is 4. The molecule has 4 N–H and O–H groups in total. The van der Waals surface area contributed by atoms with Crippen molar-refractivity contribution in [2.45, 2.75) is 103 Å². The fraction of sp³-hybridized carbons (Fsp3) is 0.818. The van der Waals surface area contributed by atoms with Crippen LogP contribution < -0.4 is 21.3 Å². The monoisotopic (exact) mass is 420 g/mol. The molecule has 2 aliphatic carbocycles. The van der Waals surface area contributed by atoms with Crippen LogP contribution in [0, 0.1) is 10.8 Å². The van der Waals surface area contributed by atoms with Crippen molar-refractivity contribution in [1.82, 2.24) is 21.3 Å². The first-order valence-corrected chi connectivity index (χ1v) is 11.3. The van der Waals surface area contributed by atoms with Crippen molar-refractivity contribution in [2.75, 3.05) is 0 Å². The van der Waals surface area contributed by atoms with Crippen molar-refractivity contribution in [3.63, 3.8) is 0 Å². The minimum Gasteiger partial charge on any atom is -0.350 e. The molecular weight excluding hydrogens is 384 g/mol. The van der Waals surface area contributed by atoms with Crippen LogP contribution >= 0.6 is 0 Å². The molecule has 8 nitrogen and oxygen atoms in total. The number of carbonyl (C=O) groups is 4. The molecule has 0 aromatic rings. The number of rotatable bonds is 0. The van der Waals surface area contributed by atoms with Gasteiger partial charge >= 0.3 is 0 Å². The van der Waals surface area contributed by atoms with Gasteiger partial charge in [-0.25, -0.2) is 0 Å². The van der Waals surface area contributed by atoms with Gasteiger partial charge in [0, 0.05) is 24.2 Å². The van der Waals surface area contributed by atoms with E-state index in [2.05, 4.69) is 21.3 Å². The van der Waals surface area contributed by atoms with Gasteiger partial charge in [-0.15, -0.1) is 0 Å². The van der Waals surface area contributed by atoms with Crippen LogP contribution in [0.5, 0.6) is 0 Å². The summed E-state index contributed by atoms with van der Waals surface area (Å²) in [6.45, 7) is 6.50. The lowest BCUT2D eigenvalue weighted by atomic mass is 9.83. The fourth-order valence-corrected chi connectivity index (χ4v) is 4.55. The Morgan fingerprint density at radius 3 is 0.900 bits per heavy atom. The summed E-state index contributed by atoms with van der Waals surface area (Å²) in [5, 5.41) is 12.0. The summed E-state index contributed by atoms with van der Waals surface area (Å²) >= 11 is 0. The summed E-state index contributed by atoms with van der Waals surface area (Å²) in [6, 6.07) is -1.03. The van der Waals surface area contributed by atoms with E-state index in [-0.39, 0.29) is 47.8 Å². The van der Waals surface area contributed by atoms with Crippen molar-refractivity contribution in [2.24, 2.45) is 10.8 Å². The third-order valence-electron chi connectivity index (χ3n) is 7.07. The lowest BCUT2D eigenvalue weighted by molar-refractivity contribution is -0.146. The molecule has 30 heavy (non-hydrogen) atoms. The highest BCUT2D eigenvalue weighted by Gasteiger charge is 2.44. The van der Waals surface area contributed by atoms with Crippen molar-refractivity contribution in [1.29, 1.82) is 0 Å². The van der Waals surface area contributed by atoms with E-state index >= 15 is 0 Å². The van der Waals surface area contributed by atoms with E-state index in [0.29, 0.717) is 0 Å². The molecule has 2 saturated carbocycles. The first kappa shape index (κ1) is 22.6. The van der Waals surface area contributed by atoms with E-state index in [4.69, 9.17) is 0 Å². The van der Waals surface area contributed by atoms with Crippen LogP contribution in [-0.2, 0) is 19.2 Å². The molecule has 0 radical (unpaired) electrons. The first-order valence-electron chi connectivity index (χ1n) is 11.3. The summed E-state index contributed by atoms with van der Waals surface area (Å²) in [5.41, 5.74) is -2.50. The molecule has 0 aromatic carbocycles. The summed E-state index contributed by atoms with van der Waals surface area (Å²) in [4.78, 5) is 52.2. The number of amides is 4. The number of carbonyl (C=O) groups excluding carboxylic acids is 4. The van der Waals surface area contributed by atoms with E-state index in [1.165, 1.54) is 0 Å². The molecule has 0 bridgehead atoms. The van der Waals surface area contributed by atoms with Crippen LogP contribution in [-0.4, -0.2) is 47.8 Å². The van der Waals surface area contributed by atoms with Crippen molar-refractivity contribution in [3.8, 4) is 0 Å². The van der Waals surface area contributed by atoms with Gasteiger partial charge in [0.1, 0.15) is 10.8 Å². The summed E-state index contributed by atoms with van der Waals surface area (Å²) in [6.07, 6.45) is 6.68. The molecule has 3 fully saturated rings. The molecule has 1 aliphatic heterocycles. The van der Waals surface area contributed by atoms with Crippen molar-refractivity contribution >= 4 is 23.6 Å². The molecule has 4 amide bonds. The van der Waals surface area contributed by atoms with Crippen LogP contribution in [0.15, 0.2) is 0 Å². The predicted molar refractivity (Wildman–Crippen MR) is 112 cm³/mol. The molecule has 3 rings (SSSR count). The van der Waals surface area contributed by atoms with Crippen LogP contribution in [0.2, 0.25) is 0 Å². The Morgan fingerprint density at radius 1 is 0.500 bits per heavy atom. The Balaban J connectivity index is 1.93. The van der Waals surface area contributed by atoms with Crippen LogP contribution in [0.3, 0.4) is 0 Å². The fourth-order valence-electron chi connectivity index (χ4n) is 4.55. The summed E-state index contributed by atoms with van der Waals surface area (Å²) in [5.74, 6) is -1.34. The van der Waals surface area contributed by atoms with Crippen molar-refractivity contribution in [3.05, 3.63) is 0 Å². The maximum Gasteiger partial charge on any atom is 0.235 e. The van der Waals surface area contributed by atoms with Crippen LogP contribution in [0.4, 0.5) is 0 Å². The largest absolute Gasteiger partial charge is 0.350 e. The Kier molecular flexibility index (Phi) is 6.43. The highest BCUT2D eigenvalue weighted by molar-refractivity contribution is 6.05. The zero-order valence-electron chi connectivity index (χ0n) is 18.6. The number of nitrogens with one attached hydrogen (secondary N) is 4. The molecule has 1 saturated heterocycles. The molecule has 3 aliphatic rings. The van der Waals surface area contributed by atoms with Gasteiger partial charge < -0.3 is 21.3 Å². The SMILES string of the molecule is CC1(C)C(=O)N[C@@H]2CCCC[C@H]2NC(=O)C(C)(C)C(=O)N[C@@H]2CCCC[C@H]2NC1=O. The van der Waals surface area contributed by atoms with Gasteiger partial charge in [-0.3, -0.25) is 19.2 Å². The van der Waals surface area contributed by atoms with Gasteiger partial charge in [0.25, 0.3) is 0 Å². The van der Waals surface area contributed by atoms with Gasteiger partial charge in [0.2, 0.25) is 23.6 Å². The summed E-state index contributed by atoms with van der Waals surface area (Å²) in [7, 11) is 0. The van der Waals surface area contributed by atoms with E-state index < -0.39 is 10.8 Å². The maximum absolute atomic E-state index is 13.0. The Bertz CT molecular complexity index is 602. The van der Waals surface area contributed by atoms with Gasteiger partial charge in [0.05, 0.1) is 0 Å². The third kappa shape index (κ3) is 4.47. The highest BCUT2D eigenvalue weighted by Crippen LogP contribution is 2.27. The normalized spacial score (nSPS) is 34.8. The Hall–Kier alpha value is -2.12. The van der Waals surface area contributed by atoms with E-state index in [1.807, 2.05) is 0 Å². The zero-order chi connectivity index (χ0) is 22.1. The number of hydrogen-bond acceptors (Lipinski definition) is 4. The topological polar surface area (TPSA) is 116 Å².